The van der Waals surface area contributed by atoms with Crippen LogP contribution in [0.25, 0.3) is 0 Å². The van der Waals surface area contributed by atoms with E-state index in [1.807, 2.05) is 25.1 Å². The Balaban J connectivity index is 2.63. The van der Waals surface area contributed by atoms with Gasteiger partial charge in [0.1, 0.15) is 5.75 Å². The molecule has 0 aromatic heterocycles. The van der Waals surface area contributed by atoms with Gasteiger partial charge in [-0.15, -0.1) is 0 Å². The fraction of sp³-hybridized carbons (Fsp3) is 0.364. The molecule has 68 valence electrons. The number of ether oxygens (including phenoxy) is 1. The first kappa shape index (κ1) is 8.30. The molecule has 0 unspecified atom stereocenters. The summed E-state index contributed by atoms with van der Waals surface area (Å²) in [7, 11) is 0. The molecule has 0 N–H and O–H groups in total. The van der Waals surface area contributed by atoms with Gasteiger partial charge in [0.05, 0.1) is 5.56 Å². The third kappa shape index (κ3) is 1.05. The molecule has 1 aromatic carbocycles. The van der Waals surface area contributed by atoms with Crippen LogP contribution in [0.3, 0.4) is 0 Å². The molecule has 1 aromatic rings. The highest BCUT2D eigenvalue weighted by molar-refractivity contribution is 6.07. The average Bonchev–Trinajstić information content (AvgIpc) is 2.28. The first-order valence-corrected chi connectivity index (χ1v) is 4.36. The Labute approximate surface area is 77.5 Å². The molecule has 13 heavy (non-hydrogen) atoms. The Morgan fingerprint density at radius 3 is 2.62 bits per heavy atom. The van der Waals surface area contributed by atoms with E-state index >= 15 is 0 Å². The van der Waals surface area contributed by atoms with Gasteiger partial charge in [-0.2, -0.15) is 0 Å². The second kappa shape index (κ2) is 2.34. The molecule has 0 saturated heterocycles. The van der Waals surface area contributed by atoms with Crippen LogP contribution in [0.15, 0.2) is 18.2 Å². The first-order valence-electron chi connectivity index (χ1n) is 4.36. The van der Waals surface area contributed by atoms with Crippen LogP contribution in [0.4, 0.5) is 0 Å². The highest BCUT2D eigenvalue weighted by atomic mass is 16.5. The van der Waals surface area contributed by atoms with E-state index in [2.05, 4.69) is 0 Å². The zero-order valence-corrected chi connectivity index (χ0v) is 8.05. The smallest absolute Gasteiger partial charge is 0.209 e. The van der Waals surface area contributed by atoms with Crippen molar-refractivity contribution in [3.8, 4) is 5.75 Å². The molecule has 0 saturated carbocycles. The molecular weight excluding hydrogens is 164 g/mol. The summed E-state index contributed by atoms with van der Waals surface area (Å²) >= 11 is 0. The number of hydrogen-bond donors (Lipinski definition) is 0. The third-order valence-electron chi connectivity index (χ3n) is 2.36. The molecule has 0 spiro atoms. The summed E-state index contributed by atoms with van der Waals surface area (Å²) < 4.78 is 5.59. The van der Waals surface area contributed by atoms with E-state index < -0.39 is 5.60 Å². The Bertz CT molecular complexity index is 378. The standard InChI is InChI=1S/C11H12O2/c1-7-5-4-6-8-9(7)13-11(2,3)10(8)12/h4-6H,1-3H3. The summed E-state index contributed by atoms with van der Waals surface area (Å²) in [6.45, 7) is 5.55. The van der Waals surface area contributed by atoms with Gasteiger partial charge in [-0.1, -0.05) is 12.1 Å². The lowest BCUT2D eigenvalue weighted by Crippen LogP contribution is -2.31. The SMILES string of the molecule is Cc1cccc2c1OC(C)(C)C2=O. The zero-order valence-electron chi connectivity index (χ0n) is 8.05. The second-order valence-electron chi connectivity index (χ2n) is 3.89. The van der Waals surface area contributed by atoms with E-state index in [1.165, 1.54) is 0 Å². The van der Waals surface area contributed by atoms with Crippen molar-refractivity contribution in [1.82, 2.24) is 0 Å². The molecule has 0 bridgehead atoms. The highest BCUT2D eigenvalue weighted by Gasteiger charge is 2.40. The van der Waals surface area contributed by atoms with Gasteiger partial charge in [-0.25, -0.2) is 0 Å². The molecule has 1 aliphatic rings. The van der Waals surface area contributed by atoms with E-state index in [0.29, 0.717) is 5.56 Å². The van der Waals surface area contributed by atoms with Gasteiger partial charge < -0.3 is 4.74 Å². The monoisotopic (exact) mass is 176 g/mol. The maximum atomic E-state index is 11.7. The number of hydrogen-bond acceptors (Lipinski definition) is 2. The van der Waals surface area contributed by atoms with Crippen LogP contribution < -0.4 is 4.74 Å². The summed E-state index contributed by atoms with van der Waals surface area (Å²) in [6.07, 6.45) is 0. The molecule has 0 aliphatic carbocycles. The minimum absolute atomic E-state index is 0.0752. The Kier molecular flexibility index (Phi) is 1.50. The van der Waals surface area contributed by atoms with Crippen LogP contribution in [0.2, 0.25) is 0 Å². The predicted octanol–water partition coefficient (Wildman–Crippen LogP) is 2.35. The van der Waals surface area contributed by atoms with Crippen molar-refractivity contribution in [2.75, 3.05) is 0 Å². The van der Waals surface area contributed by atoms with Crippen LogP contribution in [0, 0.1) is 6.92 Å². The molecular formula is C11H12O2. The minimum atomic E-state index is -0.686. The van der Waals surface area contributed by atoms with Gasteiger partial charge in [-0.05, 0) is 32.4 Å². The largest absolute Gasteiger partial charge is 0.479 e. The van der Waals surface area contributed by atoms with Crippen molar-refractivity contribution in [3.63, 3.8) is 0 Å². The molecule has 2 nitrogen and oxygen atoms in total. The van der Waals surface area contributed by atoms with E-state index in [-0.39, 0.29) is 5.78 Å². The summed E-state index contributed by atoms with van der Waals surface area (Å²) in [5.74, 6) is 0.823. The number of ketones is 1. The second-order valence-corrected chi connectivity index (χ2v) is 3.89. The third-order valence-corrected chi connectivity index (χ3v) is 2.36. The number of carbonyl (C=O) groups excluding carboxylic acids is 1. The van der Waals surface area contributed by atoms with Crippen molar-refractivity contribution in [3.05, 3.63) is 29.3 Å². The van der Waals surface area contributed by atoms with Gasteiger partial charge in [0.25, 0.3) is 0 Å². The number of para-hydroxylation sites is 1. The normalized spacial score (nSPS) is 18.2. The van der Waals surface area contributed by atoms with Gasteiger partial charge >= 0.3 is 0 Å². The van der Waals surface area contributed by atoms with E-state index in [0.717, 1.165) is 11.3 Å². The van der Waals surface area contributed by atoms with E-state index in [4.69, 9.17) is 4.74 Å². The molecule has 1 heterocycles. The molecule has 0 radical (unpaired) electrons. The number of rotatable bonds is 0. The molecule has 1 aliphatic heterocycles. The number of carbonyl (C=O) groups is 1. The molecule has 0 fully saturated rings. The minimum Gasteiger partial charge on any atom is -0.479 e. The lowest BCUT2D eigenvalue weighted by atomic mass is 9.99. The number of Topliss-reactive ketones (excluding diaryl/α,β-unsaturated/α-hetero) is 1. The van der Waals surface area contributed by atoms with Crippen molar-refractivity contribution >= 4 is 5.78 Å². The van der Waals surface area contributed by atoms with Gasteiger partial charge in [0.15, 0.2) is 5.60 Å². The highest BCUT2D eigenvalue weighted by Crippen LogP contribution is 2.36. The molecule has 2 heteroatoms. The Morgan fingerprint density at radius 2 is 2.00 bits per heavy atom. The van der Waals surface area contributed by atoms with Gasteiger partial charge in [-0.3, -0.25) is 4.79 Å². The van der Waals surface area contributed by atoms with Crippen LogP contribution >= 0.6 is 0 Å². The predicted molar refractivity (Wildman–Crippen MR) is 50.2 cm³/mol. The topological polar surface area (TPSA) is 26.3 Å². The fourth-order valence-electron chi connectivity index (χ4n) is 1.59. The fourth-order valence-corrected chi connectivity index (χ4v) is 1.59. The van der Waals surface area contributed by atoms with E-state index in [1.54, 1.807) is 13.8 Å². The van der Waals surface area contributed by atoms with Crippen molar-refractivity contribution in [2.24, 2.45) is 0 Å². The zero-order chi connectivity index (χ0) is 9.64. The summed E-state index contributed by atoms with van der Waals surface area (Å²) in [5, 5.41) is 0. The average molecular weight is 176 g/mol. The number of aryl methyl sites for hydroxylation is 1. The maximum absolute atomic E-state index is 11.7. The summed E-state index contributed by atoms with van der Waals surface area (Å²) in [6, 6.07) is 5.66. The summed E-state index contributed by atoms with van der Waals surface area (Å²) in [4.78, 5) is 11.7. The molecule has 2 rings (SSSR count). The molecule has 0 amide bonds. The Hall–Kier alpha value is -1.31. The van der Waals surface area contributed by atoms with Crippen LogP contribution in [-0.4, -0.2) is 11.4 Å². The lowest BCUT2D eigenvalue weighted by Gasteiger charge is -2.15. The van der Waals surface area contributed by atoms with Gasteiger partial charge in [0, 0.05) is 0 Å². The van der Waals surface area contributed by atoms with E-state index in [9.17, 15) is 4.79 Å². The van der Waals surface area contributed by atoms with Crippen molar-refractivity contribution in [1.29, 1.82) is 0 Å². The van der Waals surface area contributed by atoms with Crippen molar-refractivity contribution < 1.29 is 9.53 Å². The summed E-state index contributed by atoms with van der Waals surface area (Å²) in [5.41, 5.74) is 1.05. The van der Waals surface area contributed by atoms with Crippen LogP contribution in [0.1, 0.15) is 29.8 Å². The number of fused-ring (bicyclic) bond motifs is 1. The maximum Gasteiger partial charge on any atom is 0.209 e. The molecule has 0 atom stereocenters. The van der Waals surface area contributed by atoms with Crippen molar-refractivity contribution in [2.45, 2.75) is 26.4 Å². The quantitative estimate of drug-likeness (QED) is 0.606. The Morgan fingerprint density at radius 1 is 1.31 bits per heavy atom. The number of benzene rings is 1. The van der Waals surface area contributed by atoms with Crippen LogP contribution in [-0.2, 0) is 0 Å². The van der Waals surface area contributed by atoms with Crippen LogP contribution in [0.5, 0.6) is 5.75 Å². The van der Waals surface area contributed by atoms with Gasteiger partial charge in [0.2, 0.25) is 5.78 Å². The lowest BCUT2D eigenvalue weighted by molar-refractivity contribution is 0.0683. The first-order chi connectivity index (χ1) is 6.02.